The summed E-state index contributed by atoms with van der Waals surface area (Å²) in [4.78, 5) is -0.0987. The maximum absolute atomic E-state index is 12.9. The topological polar surface area (TPSA) is 75.6 Å². The molecule has 5 nitrogen and oxygen atoms in total. The third kappa shape index (κ3) is 3.99. The summed E-state index contributed by atoms with van der Waals surface area (Å²) in [6.45, 7) is -0.361. The molecule has 0 aromatic heterocycles. The average Bonchev–Trinajstić information content (AvgIpc) is 2.27. The van der Waals surface area contributed by atoms with E-state index in [1.165, 1.54) is 7.11 Å². The SMILES string of the molecule is COCC(CO)NS(=O)(=O)c1ccc(F)cc1Br. The molecular weight excluding hydrogens is 329 g/mol. The van der Waals surface area contributed by atoms with Crippen molar-refractivity contribution < 1.29 is 22.7 Å². The lowest BCUT2D eigenvalue weighted by molar-refractivity contribution is 0.139. The van der Waals surface area contributed by atoms with Gasteiger partial charge in [-0.3, -0.25) is 0 Å². The Hall–Kier alpha value is -0.540. The summed E-state index contributed by atoms with van der Waals surface area (Å²) in [5.41, 5.74) is 0. The highest BCUT2D eigenvalue weighted by atomic mass is 79.9. The van der Waals surface area contributed by atoms with Gasteiger partial charge in [-0.05, 0) is 34.1 Å². The van der Waals surface area contributed by atoms with Gasteiger partial charge < -0.3 is 9.84 Å². The minimum Gasteiger partial charge on any atom is -0.395 e. The lowest BCUT2D eigenvalue weighted by atomic mass is 10.3. The van der Waals surface area contributed by atoms with Crippen LogP contribution in [0.4, 0.5) is 4.39 Å². The van der Waals surface area contributed by atoms with E-state index in [0.717, 1.165) is 18.2 Å². The Morgan fingerprint density at radius 1 is 1.56 bits per heavy atom. The van der Waals surface area contributed by atoms with Crippen LogP contribution in [0.25, 0.3) is 0 Å². The van der Waals surface area contributed by atoms with E-state index < -0.39 is 28.5 Å². The van der Waals surface area contributed by atoms with E-state index in [1.54, 1.807) is 0 Å². The molecule has 8 heteroatoms. The Morgan fingerprint density at radius 2 is 2.22 bits per heavy atom. The summed E-state index contributed by atoms with van der Waals surface area (Å²) in [5.74, 6) is -0.545. The summed E-state index contributed by atoms with van der Waals surface area (Å²) in [6, 6.07) is 2.49. The normalized spacial score (nSPS) is 13.6. The monoisotopic (exact) mass is 341 g/mol. The standard InChI is InChI=1S/C10H13BrFNO4S/c1-17-6-8(5-14)13-18(15,16)10-3-2-7(12)4-9(10)11/h2-4,8,13-14H,5-6H2,1H3. The van der Waals surface area contributed by atoms with Crippen LogP contribution >= 0.6 is 15.9 Å². The van der Waals surface area contributed by atoms with Crippen LogP contribution in [0.5, 0.6) is 0 Å². The zero-order valence-electron chi connectivity index (χ0n) is 9.56. The molecule has 0 saturated carbocycles. The Labute approximate surface area is 113 Å². The summed E-state index contributed by atoms with van der Waals surface area (Å²) in [5, 5.41) is 9.00. The van der Waals surface area contributed by atoms with E-state index in [-0.39, 0.29) is 16.0 Å². The summed E-state index contributed by atoms with van der Waals surface area (Å²) >= 11 is 2.98. The van der Waals surface area contributed by atoms with Gasteiger partial charge in [-0.15, -0.1) is 0 Å². The van der Waals surface area contributed by atoms with Crippen molar-refractivity contribution in [2.24, 2.45) is 0 Å². The first-order valence-corrected chi connectivity index (χ1v) is 7.25. The molecule has 0 bridgehead atoms. The number of sulfonamides is 1. The number of ether oxygens (including phenoxy) is 1. The predicted molar refractivity (Wildman–Crippen MR) is 67.2 cm³/mol. The number of aliphatic hydroxyl groups excluding tert-OH is 1. The molecule has 2 N–H and O–H groups in total. The largest absolute Gasteiger partial charge is 0.395 e. The highest BCUT2D eigenvalue weighted by Gasteiger charge is 2.22. The second-order valence-electron chi connectivity index (χ2n) is 3.53. The van der Waals surface area contributed by atoms with E-state index in [1.807, 2.05) is 0 Å². The molecule has 0 heterocycles. The molecule has 0 aliphatic carbocycles. The average molecular weight is 342 g/mol. The lowest BCUT2D eigenvalue weighted by Gasteiger charge is -2.16. The highest BCUT2D eigenvalue weighted by molar-refractivity contribution is 9.10. The number of hydrogen-bond donors (Lipinski definition) is 2. The second kappa shape index (κ2) is 6.58. The Balaban J connectivity index is 2.99. The molecule has 0 aliphatic rings. The van der Waals surface area contributed by atoms with Crippen molar-refractivity contribution in [1.29, 1.82) is 0 Å². The van der Waals surface area contributed by atoms with Gasteiger partial charge in [0.15, 0.2) is 0 Å². The van der Waals surface area contributed by atoms with Crippen LogP contribution in [-0.2, 0) is 14.8 Å². The molecule has 0 spiro atoms. The van der Waals surface area contributed by atoms with Crippen LogP contribution in [0.3, 0.4) is 0 Å². The summed E-state index contributed by atoms with van der Waals surface area (Å²) in [7, 11) is -2.45. The van der Waals surface area contributed by atoms with Crippen molar-refractivity contribution in [2.75, 3.05) is 20.3 Å². The van der Waals surface area contributed by atoms with Gasteiger partial charge in [0, 0.05) is 11.6 Å². The molecule has 1 aromatic rings. The van der Waals surface area contributed by atoms with Gasteiger partial charge in [-0.2, -0.15) is 0 Å². The van der Waals surface area contributed by atoms with Gasteiger partial charge in [-0.1, -0.05) is 0 Å². The third-order valence-electron chi connectivity index (χ3n) is 2.09. The van der Waals surface area contributed by atoms with Gasteiger partial charge in [-0.25, -0.2) is 17.5 Å². The van der Waals surface area contributed by atoms with Crippen LogP contribution in [0, 0.1) is 5.82 Å². The van der Waals surface area contributed by atoms with Crippen molar-refractivity contribution in [2.45, 2.75) is 10.9 Å². The van der Waals surface area contributed by atoms with Gasteiger partial charge in [0.25, 0.3) is 0 Å². The fourth-order valence-electron chi connectivity index (χ4n) is 1.30. The first kappa shape index (κ1) is 15.5. The van der Waals surface area contributed by atoms with E-state index in [9.17, 15) is 12.8 Å². The Kier molecular flexibility index (Phi) is 5.67. The first-order valence-electron chi connectivity index (χ1n) is 4.98. The number of hydrogen-bond acceptors (Lipinski definition) is 4. The molecule has 0 radical (unpaired) electrons. The molecule has 1 aromatic carbocycles. The van der Waals surface area contributed by atoms with Gasteiger partial charge >= 0.3 is 0 Å². The fraction of sp³-hybridized carbons (Fsp3) is 0.400. The van der Waals surface area contributed by atoms with Gasteiger partial charge in [0.1, 0.15) is 5.82 Å². The quantitative estimate of drug-likeness (QED) is 0.805. The van der Waals surface area contributed by atoms with E-state index in [0.29, 0.717) is 0 Å². The minimum absolute atomic E-state index is 0.0363. The second-order valence-corrected chi connectivity index (χ2v) is 6.07. The molecule has 0 fully saturated rings. The number of halogens is 2. The maximum atomic E-state index is 12.9. The fourth-order valence-corrected chi connectivity index (χ4v) is 3.56. The van der Waals surface area contributed by atoms with Crippen LogP contribution < -0.4 is 4.72 Å². The van der Waals surface area contributed by atoms with Crippen LogP contribution in [-0.4, -0.2) is 39.9 Å². The molecule has 18 heavy (non-hydrogen) atoms. The third-order valence-corrected chi connectivity index (χ3v) is 4.59. The zero-order chi connectivity index (χ0) is 13.8. The number of methoxy groups -OCH3 is 1. The van der Waals surface area contributed by atoms with Crippen molar-refractivity contribution in [1.82, 2.24) is 4.72 Å². The molecule has 1 unspecified atom stereocenters. The number of benzene rings is 1. The number of nitrogens with one attached hydrogen (secondary N) is 1. The Morgan fingerprint density at radius 3 is 2.72 bits per heavy atom. The highest BCUT2D eigenvalue weighted by Crippen LogP contribution is 2.22. The van der Waals surface area contributed by atoms with Crippen LogP contribution in [0.15, 0.2) is 27.6 Å². The van der Waals surface area contributed by atoms with Crippen molar-refractivity contribution in [3.05, 3.63) is 28.5 Å². The number of aliphatic hydroxyl groups is 1. The van der Waals surface area contributed by atoms with Crippen molar-refractivity contribution in [3.8, 4) is 0 Å². The van der Waals surface area contributed by atoms with E-state index in [4.69, 9.17) is 9.84 Å². The molecule has 0 aliphatic heterocycles. The smallest absolute Gasteiger partial charge is 0.242 e. The maximum Gasteiger partial charge on any atom is 0.242 e. The Bertz CT molecular complexity index is 509. The van der Waals surface area contributed by atoms with E-state index in [2.05, 4.69) is 20.7 Å². The molecule has 0 saturated heterocycles. The van der Waals surface area contributed by atoms with Crippen molar-refractivity contribution in [3.63, 3.8) is 0 Å². The molecule has 1 atom stereocenters. The van der Waals surface area contributed by atoms with Gasteiger partial charge in [0.2, 0.25) is 10.0 Å². The predicted octanol–water partition coefficient (Wildman–Crippen LogP) is 0.874. The first-order chi connectivity index (χ1) is 8.40. The minimum atomic E-state index is -3.84. The zero-order valence-corrected chi connectivity index (χ0v) is 12.0. The lowest BCUT2D eigenvalue weighted by Crippen LogP contribution is -2.40. The van der Waals surface area contributed by atoms with Crippen LogP contribution in [0.2, 0.25) is 0 Å². The molecule has 102 valence electrons. The van der Waals surface area contributed by atoms with Crippen molar-refractivity contribution >= 4 is 26.0 Å². The molecule has 1 rings (SSSR count). The molecule has 0 amide bonds. The number of rotatable bonds is 6. The van der Waals surface area contributed by atoms with Crippen LogP contribution in [0.1, 0.15) is 0 Å². The molecular formula is C10H13BrFNO4S. The summed E-state index contributed by atoms with van der Waals surface area (Å²) < 4.78 is 44.0. The van der Waals surface area contributed by atoms with Gasteiger partial charge in [0.05, 0.1) is 24.2 Å². The van der Waals surface area contributed by atoms with E-state index >= 15 is 0 Å². The summed E-state index contributed by atoms with van der Waals surface area (Å²) in [6.07, 6.45) is 0.